The maximum atomic E-state index is 12.9. The highest BCUT2D eigenvalue weighted by molar-refractivity contribution is 6.15. The zero-order valence-corrected chi connectivity index (χ0v) is 10.2. The van der Waals surface area contributed by atoms with Crippen molar-refractivity contribution in [2.75, 3.05) is 0 Å². The maximum Gasteiger partial charge on any atom is 0.326 e. The SMILES string of the molecule is O=C1Oc2ccc(O)cc2[C@H]1C(=O)c1ccc(F)cc1. The van der Waals surface area contributed by atoms with Gasteiger partial charge in [-0.2, -0.15) is 0 Å². The highest BCUT2D eigenvalue weighted by Gasteiger charge is 2.39. The van der Waals surface area contributed by atoms with Crippen LogP contribution in [0.25, 0.3) is 0 Å². The second-order valence-corrected chi connectivity index (χ2v) is 4.45. The lowest BCUT2D eigenvalue weighted by Gasteiger charge is -2.06. The summed E-state index contributed by atoms with van der Waals surface area (Å²) in [4.78, 5) is 24.2. The minimum Gasteiger partial charge on any atom is -0.508 e. The Morgan fingerprint density at radius 1 is 1.15 bits per heavy atom. The third kappa shape index (κ3) is 1.93. The van der Waals surface area contributed by atoms with Crippen LogP contribution < -0.4 is 4.74 Å². The van der Waals surface area contributed by atoms with Crippen LogP contribution in [0.3, 0.4) is 0 Å². The van der Waals surface area contributed by atoms with Crippen molar-refractivity contribution in [3.05, 3.63) is 59.4 Å². The van der Waals surface area contributed by atoms with Gasteiger partial charge in [0, 0.05) is 11.1 Å². The summed E-state index contributed by atoms with van der Waals surface area (Å²) in [5.41, 5.74) is 0.536. The first kappa shape index (κ1) is 12.3. The molecule has 4 nitrogen and oxygen atoms in total. The topological polar surface area (TPSA) is 63.6 Å². The first-order chi connectivity index (χ1) is 9.56. The number of carbonyl (C=O) groups excluding carboxylic acids is 2. The number of aromatic hydroxyl groups is 1. The molecule has 5 heteroatoms. The Morgan fingerprint density at radius 3 is 2.55 bits per heavy atom. The molecule has 1 aliphatic heterocycles. The van der Waals surface area contributed by atoms with Gasteiger partial charge in [0.25, 0.3) is 0 Å². The van der Waals surface area contributed by atoms with E-state index in [4.69, 9.17) is 4.74 Å². The zero-order chi connectivity index (χ0) is 14.3. The number of fused-ring (bicyclic) bond motifs is 1. The van der Waals surface area contributed by atoms with Crippen molar-refractivity contribution in [2.24, 2.45) is 0 Å². The van der Waals surface area contributed by atoms with Crippen molar-refractivity contribution in [3.63, 3.8) is 0 Å². The maximum absolute atomic E-state index is 12.9. The van der Waals surface area contributed by atoms with Crippen molar-refractivity contribution in [1.29, 1.82) is 0 Å². The first-order valence-corrected chi connectivity index (χ1v) is 5.90. The van der Waals surface area contributed by atoms with Gasteiger partial charge < -0.3 is 9.84 Å². The third-order valence-electron chi connectivity index (χ3n) is 3.14. The summed E-state index contributed by atoms with van der Waals surface area (Å²) in [5.74, 6) is -2.57. The zero-order valence-electron chi connectivity index (χ0n) is 10.2. The predicted molar refractivity (Wildman–Crippen MR) is 67.2 cm³/mol. The van der Waals surface area contributed by atoms with Crippen LogP contribution in [-0.4, -0.2) is 16.9 Å². The molecule has 1 N–H and O–H groups in total. The molecule has 0 bridgehead atoms. The van der Waals surface area contributed by atoms with Gasteiger partial charge in [-0.15, -0.1) is 0 Å². The number of Topliss-reactive ketones (excluding diaryl/α,β-unsaturated/α-hetero) is 1. The number of benzene rings is 2. The fourth-order valence-electron chi connectivity index (χ4n) is 2.18. The molecular weight excluding hydrogens is 263 g/mol. The van der Waals surface area contributed by atoms with Crippen LogP contribution >= 0.6 is 0 Å². The lowest BCUT2D eigenvalue weighted by molar-refractivity contribution is -0.132. The van der Waals surface area contributed by atoms with Crippen LogP contribution in [0.5, 0.6) is 11.5 Å². The van der Waals surface area contributed by atoms with E-state index in [0.29, 0.717) is 5.56 Å². The molecule has 0 saturated carbocycles. The third-order valence-corrected chi connectivity index (χ3v) is 3.14. The Morgan fingerprint density at radius 2 is 1.85 bits per heavy atom. The van der Waals surface area contributed by atoms with Gasteiger partial charge in [-0.3, -0.25) is 9.59 Å². The summed E-state index contributed by atoms with van der Waals surface area (Å²) in [7, 11) is 0. The number of rotatable bonds is 2. The van der Waals surface area contributed by atoms with Crippen molar-refractivity contribution >= 4 is 11.8 Å². The number of esters is 1. The number of carbonyl (C=O) groups is 2. The number of phenolic OH excluding ortho intramolecular Hbond substituents is 1. The monoisotopic (exact) mass is 272 g/mol. The molecule has 20 heavy (non-hydrogen) atoms. The van der Waals surface area contributed by atoms with Crippen molar-refractivity contribution in [2.45, 2.75) is 5.92 Å². The van der Waals surface area contributed by atoms with Gasteiger partial charge in [0.1, 0.15) is 23.2 Å². The van der Waals surface area contributed by atoms with Crippen molar-refractivity contribution < 1.29 is 23.8 Å². The standard InChI is InChI=1S/C15H9FO4/c16-9-3-1-8(2-4-9)14(18)13-11-7-10(17)5-6-12(11)20-15(13)19/h1-7,13,17H/t13-/m0/s1. The lowest BCUT2D eigenvalue weighted by Crippen LogP contribution is -2.20. The van der Waals surface area contributed by atoms with E-state index in [1.807, 2.05) is 0 Å². The number of ketones is 1. The normalized spacial score (nSPS) is 16.6. The average molecular weight is 272 g/mol. The second kappa shape index (κ2) is 4.45. The lowest BCUT2D eigenvalue weighted by atomic mass is 9.92. The van der Waals surface area contributed by atoms with Gasteiger partial charge in [0.2, 0.25) is 0 Å². The number of phenols is 1. The Hall–Kier alpha value is -2.69. The minimum absolute atomic E-state index is 0.0565. The first-order valence-electron chi connectivity index (χ1n) is 5.90. The summed E-state index contributed by atoms with van der Waals surface area (Å²) in [6, 6.07) is 9.05. The van der Waals surface area contributed by atoms with Gasteiger partial charge in [0.15, 0.2) is 5.78 Å². The van der Waals surface area contributed by atoms with E-state index in [0.717, 1.165) is 12.1 Å². The van der Waals surface area contributed by atoms with E-state index < -0.39 is 23.5 Å². The van der Waals surface area contributed by atoms with Gasteiger partial charge in [-0.25, -0.2) is 4.39 Å². The molecule has 1 aliphatic rings. The van der Waals surface area contributed by atoms with E-state index in [9.17, 15) is 19.1 Å². The Bertz CT molecular complexity index is 706. The summed E-state index contributed by atoms with van der Waals surface area (Å²) in [5, 5.41) is 9.46. The molecule has 0 aliphatic carbocycles. The summed E-state index contributed by atoms with van der Waals surface area (Å²) >= 11 is 0. The Kier molecular flexibility index (Phi) is 2.75. The molecular formula is C15H9FO4. The molecule has 0 unspecified atom stereocenters. The van der Waals surface area contributed by atoms with E-state index >= 15 is 0 Å². The summed E-state index contributed by atoms with van der Waals surface area (Å²) in [6.07, 6.45) is 0. The highest BCUT2D eigenvalue weighted by atomic mass is 19.1. The quantitative estimate of drug-likeness (QED) is 0.394. The van der Waals surface area contributed by atoms with Crippen LogP contribution in [0.4, 0.5) is 4.39 Å². The van der Waals surface area contributed by atoms with Crippen LogP contribution in [0.1, 0.15) is 21.8 Å². The number of hydrogen-bond acceptors (Lipinski definition) is 4. The summed E-state index contributed by atoms with van der Waals surface area (Å²) in [6.45, 7) is 0. The molecule has 0 radical (unpaired) electrons. The van der Waals surface area contributed by atoms with Gasteiger partial charge in [-0.05, 0) is 42.5 Å². The number of halogens is 1. The van der Waals surface area contributed by atoms with E-state index in [1.165, 1.54) is 30.3 Å². The van der Waals surface area contributed by atoms with Crippen LogP contribution in [0, 0.1) is 5.82 Å². The smallest absolute Gasteiger partial charge is 0.326 e. The largest absolute Gasteiger partial charge is 0.508 e. The molecule has 3 rings (SSSR count). The van der Waals surface area contributed by atoms with E-state index in [-0.39, 0.29) is 17.1 Å². The van der Waals surface area contributed by atoms with Crippen LogP contribution in [0.2, 0.25) is 0 Å². The van der Waals surface area contributed by atoms with Crippen LogP contribution in [0.15, 0.2) is 42.5 Å². The van der Waals surface area contributed by atoms with Gasteiger partial charge in [0.05, 0.1) is 0 Å². The fraction of sp³-hybridized carbons (Fsp3) is 0.0667. The molecule has 2 aromatic carbocycles. The Labute approximate surface area is 113 Å². The molecule has 2 aromatic rings. The van der Waals surface area contributed by atoms with Gasteiger partial charge in [-0.1, -0.05) is 0 Å². The molecule has 1 atom stereocenters. The minimum atomic E-state index is -1.12. The Balaban J connectivity index is 2.02. The van der Waals surface area contributed by atoms with Crippen LogP contribution in [-0.2, 0) is 4.79 Å². The van der Waals surface area contributed by atoms with Gasteiger partial charge >= 0.3 is 5.97 Å². The van der Waals surface area contributed by atoms with Crippen molar-refractivity contribution in [3.8, 4) is 11.5 Å². The molecule has 0 amide bonds. The molecule has 0 saturated heterocycles. The number of hydrogen-bond donors (Lipinski definition) is 1. The average Bonchev–Trinajstić information content (AvgIpc) is 2.74. The van der Waals surface area contributed by atoms with E-state index in [2.05, 4.69) is 0 Å². The predicted octanol–water partition coefficient (Wildman–Crippen LogP) is 2.42. The second-order valence-electron chi connectivity index (χ2n) is 4.45. The summed E-state index contributed by atoms with van der Waals surface area (Å²) < 4.78 is 17.9. The molecule has 0 spiro atoms. The molecule has 0 aromatic heterocycles. The van der Waals surface area contributed by atoms with E-state index in [1.54, 1.807) is 0 Å². The highest BCUT2D eigenvalue weighted by Crippen LogP contribution is 2.38. The molecule has 1 heterocycles. The number of ether oxygens (including phenoxy) is 1. The molecule has 100 valence electrons. The molecule has 0 fully saturated rings. The fourth-order valence-corrected chi connectivity index (χ4v) is 2.18. The van der Waals surface area contributed by atoms with Crippen molar-refractivity contribution in [1.82, 2.24) is 0 Å².